The van der Waals surface area contributed by atoms with Gasteiger partial charge in [0.25, 0.3) is 0 Å². The number of pyridine rings is 1. The van der Waals surface area contributed by atoms with Crippen molar-refractivity contribution in [3.05, 3.63) is 24.2 Å². The van der Waals surface area contributed by atoms with Gasteiger partial charge in [-0.05, 0) is 12.1 Å². The van der Waals surface area contributed by atoms with Crippen LogP contribution >= 0.6 is 11.5 Å². The fourth-order valence-electron chi connectivity index (χ4n) is 2.30. The highest BCUT2D eigenvalue weighted by Crippen LogP contribution is 2.23. The molecule has 2 N–H and O–H groups in total. The van der Waals surface area contributed by atoms with Gasteiger partial charge in [0, 0.05) is 50.3 Å². The van der Waals surface area contributed by atoms with E-state index in [0.29, 0.717) is 0 Å². The third kappa shape index (κ3) is 2.53. The van der Waals surface area contributed by atoms with Crippen LogP contribution in [0.15, 0.2) is 18.3 Å². The molecule has 0 aliphatic carbocycles. The molecule has 1 aliphatic rings. The van der Waals surface area contributed by atoms with Gasteiger partial charge in [0.1, 0.15) is 5.82 Å². The second kappa shape index (κ2) is 5.62. The van der Waals surface area contributed by atoms with Crippen molar-refractivity contribution >= 4 is 28.2 Å². The van der Waals surface area contributed by atoms with Gasteiger partial charge in [-0.15, -0.1) is 0 Å². The summed E-state index contributed by atoms with van der Waals surface area (Å²) in [4.78, 5) is 13.4. The number of aromatic nitrogens is 3. The predicted molar refractivity (Wildman–Crippen MR) is 82.4 cm³/mol. The fourth-order valence-corrected chi connectivity index (χ4v) is 3.10. The average molecular weight is 290 g/mol. The molecule has 0 spiro atoms. The van der Waals surface area contributed by atoms with Gasteiger partial charge in [-0.3, -0.25) is 0 Å². The zero-order valence-electron chi connectivity index (χ0n) is 11.5. The highest BCUT2D eigenvalue weighted by Gasteiger charge is 2.21. The Morgan fingerprint density at radius 2 is 2.00 bits per heavy atom. The summed E-state index contributed by atoms with van der Waals surface area (Å²) in [6.45, 7) is 5.74. The van der Waals surface area contributed by atoms with Crippen molar-refractivity contribution < 1.29 is 0 Å². The summed E-state index contributed by atoms with van der Waals surface area (Å²) >= 11 is 1.49. The maximum atomic E-state index is 5.98. The van der Waals surface area contributed by atoms with E-state index in [2.05, 4.69) is 31.1 Å². The molecule has 0 radical (unpaired) electrons. The van der Waals surface area contributed by atoms with Crippen LogP contribution in [0.4, 0.5) is 16.6 Å². The van der Waals surface area contributed by atoms with Crippen molar-refractivity contribution in [1.29, 1.82) is 0 Å². The molecule has 0 atom stereocenters. The number of hydrogen-bond acceptors (Lipinski definition) is 7. The molecule has 1 saturated heterocycles. The van der Waals surface area contributed by atoms with Crippen LogP contribution in [0.3, 0.4) is 0 Å². The van der Waals surface area contributed by atoms with Crippen molar-refractivity contribution in [3.63, 3.8) is 0 Å². The number of piperazine rings is 1. The first kappa shape index (κ1) is 13.1. The van der Waals surface area contributed by atoms with Crippen molar-refractivity contribution in [3.8, 4) is 0 Å². The Kier molecular flexibility index (Phi) is 3.68. The second-order valence-electron chi connectivity index (χ2n) is 4.74. The monoisotopic (exact) mass is 290 g/mol. The molecule has 20 heavy (non-hydrogen) atoms. The number of nitrogens with two attached hydrogens (primary N) is 1. The number of anilines is 3. The molecule has 2 aromatic heterocycles. The normalized spacial score (nSPS) is 15.7. The first-order chi connectivity index (χ1) is 9.78. The van der Waals surface area contributed by atoms with E-state index >= 15 is 0 Å². The van der Waals surface area contributed by atoms with E-state index in [1.807, 2.05) is 12.1 Å². The molecule has 2 aromatic rings. The van der Waals surface area contributed by atoms with E-state index in [1.165, 1.54) is 11.5 Å². The van der Waals surface area contributed by atoms with Gasteiger partial charge >= 0.3 is 0 Å². The molecule has 0 unspecified atom stereocenters. The van der Waals surface area contributed by atoms with Crippen molar-refractivity contribution in [2.45, 2.75) is 13.3 Å². The average Bonchev–Trinajstić information content (AvgIpc) is 2.97. The van der Waals surface area contributed by atoms with Crippen LogP contribution in [0.25, 0.3) is 0 Å². The number of nitrogen functional groups attached to an aromatic ring is 1. The maximum absolute atomic E-state index is 5.98. The zero-order chi connectivity index (χ0) is 13.9. The summed E-state index contributed by atoms with van der Waals surface area (Å²) in [5.41, 5.74) is 6.72. The van der Waals surface area contributed by atoms with E-state index in [9.17, 15) is 0 Å². The minimum atomic E-state index is 0.741. The van der Waals surface area contributed by atoms with Gasteiger partial charge in [0.2, 0.25) is 5.13 Å². The summed E-state index contributed by atoms with van der Waals surface area (Å²) in [7, 11) is 0. The van der Waals surface area contributed by atoms with E-state index < -0.39 is 0 Å². The third-order valence-electron chi connectivity index (χ3n) is 3.44. The first-order valence-electron chi connectivity index (χ1n) is 6.81. The minimum absolute atomic E-state index is 0.741. The Labute approximate surface area is 122 Å². The lowest BCUT2D eigenvalue weighted by atomic mass is 10.3. The molecule has 3 rings (SSSR count). The maximum Gasteiger partial charge on any atom is 0.205 e. The summed E-state index contributed by atoms with van der Waals surface area (Å²) in [6.07, 6.45) is 2.68. The van der Waals surface area contributed by atoms with E-state index in [-0.39, 0.29) is 0 Å². The highest BCUT2D eigenvalue weighted by molar-refractivity contribution is 7.09. The molecular weight excluding hydrogens is 272 g/mol. The molecule has 0 saturated carbocycles. The van der Waals surface area contributed by atoms with Gasteiger partial charge in [-0.2, -0.15) is 4.37 Å². The Morgan fingerprint density at radius 1 is 1.25 bits per heavy atom. The Morgan fingerprint density at radius 3 is 2.65 bits per heavy atom. The number of nitrogens with zero attached hydrogens (tertiary/aromatic N) is 5. The highest BCUT2D eigenvalue weighted by atomic mass is 32.1. The van der Waals surface area contributed by atoms with Crippen LogP contribution in [0.5, 0.6) is 0 Å². The number of hydrogen-bond donors (Lipinski definition) is 1. The molecule has 106 valence electrons. The summed E-state index contributed by atoms with van der Waals surface area (Å²) in [5.74, 6) is 1.82. The van der Waals surface area contributed by atoms with Crippen molar-refractivity contribution in [2.24, 2.45) is 0 Å². The second-order valence-corrected chi connectivity index (χ2v) is 5.47. The molecule has 7 heteroatoms. The quantitative estimate of drug-likeness (QED) is 0.921. The van der Waals surface area contributed by atoms with E-state index in [4.69, 9.17) is 5.73 Å². The first-order valence-corrected chi connectivity index (χ1v) is 7.58. The van der Waals surface area contributed by atoms with E-state index in [0.717, 1.165) is 55.1 Å². The van der Waals surface area contributed by atoms with Crippen LogP contribution in [0.2, 0.25) is 0 Å². The van der Waals surface area contributed by atoms with Gasteiger partial charge < -0.3 is 15.5 Å². The largest absolute Gasteiger partial charge is 0.396 e. The van der Waals surface area contributed by atoms with Crippen LogP contribution in [-0.2, 0) is 6.42 Å². The Balaban J connectivity index is 1.66. The SMILES string of the molecule is CCc1nsc(N2CCN(c3ncccc3N)CC2)n1. The van der Waals surface area contributed by atoms with Crippen LogP contribution in [-0.4, -0.2) is 40.5 Å². The molecule has 0 bridgehead atoms. The van der Waals surface area contributed by atoms with Gasteiger partial charge in [-0.1, -0.05) is 6.92 Å². The van der Waals surface area contributed by atoms with Gasteiger partial charge in [0.05, 0.1) is 5.69 Å². The summed E-state index contributed by atoms with van der Waals surface area (Å²) in [6, 6.07) is 3.76. The summed E-state index contributed by atoms with van der Waals surface area (Å²) < 4.78 is 4.34. The number of aryl methyl sites for hydroxylation is 1. The van der Waals surface area contributed by atoms with Crippen LogP contribution in [0, 0.1) is 0 Å². The molecule has 1 aliphatic heterocycles. The molecular formula is C13H18N6S. The topological polar surface area (TPSA) is 71.2 Å². The minimum Gasteiger partial charge on any atom is -0.396 e. The lowest BCUT2D eigenvalue weighted by Crippen LogP contribution is -2.47. The lowest BCUT2D eigenvalue weighted by molar-refractivity contribution is 0.646. The Hall–Kier alpha value is -1.89. The standard InChI is InChI=1S/C13H18N6S/c1-2-11-16-13(20-17-11)19-8-6-18(7-9-19)12-10(14)4-3-5-15-12/h3-5H,2,6-9,14H2,1H3. The van der Waals surface area contributed by atoms with Gasteiger partial charge in [-0.25, -0.2) is 9.97 Å². The predicted octanol–water partition coefficient (Wildman–Crippen LogP) is 1.40. The smallest absolute Gasteiger partial charge is 0.205 e. The molecule has 0 aromatic carbocycles. The lowest BCUT2D eigenvalue weighted by Gasteiger charge is -2.35. The third-order valence-corrected chi connectivity index (χ3v) is 4.26. The number of rotatable bonds is 3. The Bertz CT molecular complexity index is 576. The molecule has 1 fully saturated rings. The van der Waals surface area contributed by atoms with Crippen molar-refractivity contribution in [2.75, 3.05) is 41.7 Å². The van der Waals surface area contributed by atoms with Crippen molar-refractivity contribution in [1.82, 2.24) is 14.3 Å². The molecule has 3 heterocycles. The van der Waals surface area contributed by atoms with Crippen LogP contribution in [0.1, 0.15) is 12.7 Å². The fraction of sp³-hybridized carbons (Fsp3) is 0.462. The molecule has 6 nitrogen and oxygen atoms in total. The molecule has 0 amide bonds. The zero-order valence-corrected chi connectivity index (χ0v) is 12.3. The van der Waals surface area contributed by atoms with Gasteiger partial charge in [0.15, 0.2) is 5.82 Å². The van der Waals surface area contributed by atoms with Crippen LogP contribution < -0.4 is 15.5 Å². The van der Waals surface area contributed by atoms with E-state index in [1.54, 1.807) is 6.20 Å². The summed E-state index contributed by atoms with van der Waals surface area (Å²) in [5, 5.41) is 1.02.